The Morgan fingerprint density at radius 2 is 2.06 bits per heavy atom. The molecule has 0 saturated heterocycles. The van der Waals surface area contributed by atoms with Crippen LogP contribution >= 0.6 is 0 Å². The van der Waals surface area contributed by atoms with Crippen LogP contribution in [0.2, 0.25) is 0 Å². The highest BCUT2D eigenvalue weighted by molar-refractivity contribution is 5.83. The van der Waals surface area contributed by atoms with Crippen molar-refractivity contribution in [2.75, 3.05) is 20.1 Å². The molecular weight excluding hydrogens is 210 g/mol. The Balaban J connectivity index is 2.25. The average Bonchev–Trinajstić information content (AvgIpc) is 2.71. The van der Waals surface area contributed by atoms with Gasteiger partial charge in [0.15, 0.2) is 0 Å². The summed E-state index contributed by atoms with van der Waals surface area (Å²) in [5.74, 6) is 0. The number of nitrogens with zero attached hydrogens (tertiary/aromatic N) is 1. The molecule has 0 radical (unpaired) electrons. The molecule has 0 amide bonds. The normalized spacial score (nSPS) is 13.1. The minimum Gasteiger partial charge on any atom is -0.350 e. The molecule has 17 heavy (non-hydrogen) atoms. The van der Waals surface area contributed by atoms with Gasteiger partial charge in [0.25, 0.3) is 0 Å². The number of aryl methyl sites for hydroxylation is 1. The van der Waals surface area contributed by atoms with Crippen LogP contribution in [0.15, 0.2) is 30.5 Å². The average molecular weight is 231 g/mol. The number of rotatable bonds is 5. The first-order valence-electron chi connectivity index (χ1n) is 6.16. The van der Waals surface area contributed by atoms with Gasteiger partial charge in [-0.2, -0.15) is 0 Å². The summed E-state index contributed by atoms with van der Waals surface area (Å²) in [6.45, 7) is 4.20. The molecule has 0 fully saturated rings. The zero-order valence-corrected chi connectivity index (χ0v) is 10.8. The van der Waals surface area contributed by atoms with Crippen LogP contribution in [0, 0.1) is 0 Å². The van der Waals surface area contributed by atoms with E-state index < -0.39 is 0 Å². The molecule has 92 valence electrons. The predicted molar refractivity (Wildman–Crippen MR) is 73.3 cm³/mol. The number of benzene rings is 1. The van der Waals surface area contributed by atoms with Gasteiger partial charge >= 0.3 is 0 Å². The van der Waals surface area contributed by atoms with Crippen LogP contribution in [0.1, 0.15) is 18.5 Å². The third kappa shape index (κ3) is 2.51. The Morgan fingerprint density at radius 3 is 2.82 bits per heavy atom. The summed E-state index contributed by atoms with van der Waals surface area (Å²) in [4.78, 5) is 0. The second-order valence-electron chi connectivity index (χ2n) is 4.49. The minimum absolute atomic E-state index is 0.376. The number of para-hydroxylation sites is 1. The van der Waals surface area contributed by atoms with Gasteiger partial charge in [-0.15, -0.1) is 0 Å². The molecular formula is C14H21N3. The van der Waals surface area contributed by atoms with Gasteiger partial charge in [-0.25, -0.2) is 0 Å². The topological polar surface area (TPSA) is 29.0 Å². The molecule has 1 unspecified atom stereocenters. The van der Waals surface area contributed by atoms with Gasteiger partial charge in [-0.1, -0.05) is 18.2 Å². The summed E-state index contributed by atoms with van der Waals surface area (Å²) in [6, 6.07) is 9.05. The molecule has 1 aromatic carbocycles. The lowest BCUT2D eigenvalue weighted by molar-refractivity contribution is 0.564. The van der Waals surface area contributed by atoms with E-state index in [2.05, 4.69) is 59.6 Å². The first kappa shape index (κ1) is 12.1. The molecule has 0 aliphatic heterocycles. The van der Waals surface area contributed by atoms with E-state index in [-0.39, 0.29) is 0 Å². The second-order valence-corrected chi connectivity index (χ2v) is 4.49. The van der Waals surface area contributed by atoms with Crippen molar-refractivity contribution in [2.24, 2.45) is 7.05 Å². The smallest absolute Gasteiger partial charge is 0.0526 e. The van der Waals surface area contributed by atoms with Gasteiger partial charge in [0, 0.05) is 32.4 Å². The summed E-state index contributed by atoms with van der Waals surface area (Å²) in [5, 5.41) is 8.00. The van der Waals surface area contributed by atoms with Crippen molar-refractivity contribution >= 4 is 10.9 Å². The fourth-order valence-electron chi connectivity index (χ4n) is 2.26. The van der Waals surface area contributed by atoms with E-state index >= 15 is 0 Å². The molecule has 0 bridgehead atoms. The van der Waals surface area contributed by atoms with Crippen LogP contribution < -0.4 is 10.6 Å². The van der Waals surface area contributed by atoms with Crippen molar-refractivity contribution in [3.63, 3.8) is 0 Å². The Morgan fingerprint density at radius 1 is 1.24 bits per heavy atom. The van der Waals surface area contributed by atoms with Crippen molar-refractivity contribution in [1.29, 1.82) is 0 Å². The van der Waals surface area contributed by atoms with Gasteiger partial charge in [0.1, 0.15) is 0 Å². The summed E-state index contributed by atoms with van der Waals surface area (Å²) in [5.41, 5.74) is 2.70. The summed E-state index contributed by atoms with van der Waals surface area (Å²) < 4.78 is 2.20. The van der Waals surface area contributed by atoms with Crippen molar-refractivity contribution in [3.8, 4) is 0 Å². The van der Waals surface area contributed by atoms with Crippen molar-refractivity contribution in [1.82, 2.24) is 15.2 Å². The summed E-state index contributed by atoms with van der Waals surface area (Å²) in [6.07, 6.45) is 2.12. The molecule has 1 heterocycles. The lowest BCUT2D eigenvalue weighted by atomic mass is 10.1. The zero-order valence-electron chi connectivity index (χ0n) is 10.8. The SMILES string of the molecule is CNCCNC(C)c1cccc2ccn(C)c12. The fourth-order valence-corrected chi connectivity index (χ4v) is 2.26. The third-order valence-electron chi connectivity index (χ3n) is 3.22. The monoisotopic (exact) mass is 231 g/mol. The Labute approximate surface area is 103 Å². The summed E-state index contributed by atoms with van der Waals surface area (Å²) >= 11 is 0. The fraction of sp³-hybridized carbons (Fsp3) is 0.429. The highest BCUT2D eigenvalue weighted by Crippen LogP contribution is 2.24. The van der Waals surface area contributed by atoms with E-state index in [0.29, 0.717) is 6.04 Å². The number of nitrogens with one attached hydrogen (secondary N) is 2. The molecule has 0 saturated carbocycles. The lowest BCUT2D eigenvalue weighted by Crippen LogP contribution is -2.27. The number of fused-ring (bicyclic) bond motifs is 1. The van der Waals surface area contributed by atoms with Gasteiger partial charge in [-0.3, -0.25) is 0 Å². The van der Waals surface area contributed by atoms with E-state index in [9.17, 15) is 0 Å². The molecule has 1 aromatic heterocycles. The van der Waals surface area contributed by atoms with Crippen molar-refractivity contribution in [2.45, 2.75) is 13.0 Å². The largest absolute Gasteiger partial charge is 0.350 e. The van der Waals surface area contributed by atoms with E-state index in [1.54, 1.807) is 0 Å². The predicted octanol–water partition coefficient (Wildman–Crippen LogP) is 2.05. The van der Waals surface area contributed by atoms with E-state index in [0.717, 1.165) is 13.1 Å². The van der Waals surface area contributed by atoms with Crippen molar-refractivity contribution < 1.29 is 0 Å². The van der Waals surface area contributed by atoms with Gasteiger partial charge in [0.05, 0.1) is 5.52 Å². The van der Waals surface area contributed by atoms with Gasteiger partial charge < -0.3 is 15.2 Å². The first-order valence-corrected chi connectivity index (χ1v) is 6.16. The molecule has 0 aliphatic rings. The minimum atomic E-state index is 0.376. The Kier molecular flexibility index (Phi) is 3.82. The van der Waals surface area contributed by atoms with E-state index in [1.807, 2.05) is 7.05 Å². The van der Waals surface area contributed by atoms with E-state index in [4.69, 9.17) is 0 Å². The quantitative estimate of drug-likeness (QED) is 0.771. The maximum absolute atomic E-state index is 3.53. The molecule has 2 rings (SSSR count). The second kappa shape index (κ2) is 5.34. The molecule has 2 aromatic rings. The van der Waals surface area contributed by atoms with Crippen LogP contribution in [-0.4, -0.2) is 24.7 Å². The maximum atomic E-state index is 3.53. The van der Waals surface area contributed by atoms with Crippen LogP contribution in [0.25, 0.3) is 10.9 Å². The number of aromatic nitrogens is 1. The molecule has 3 heteroatoms. The van der Waals surface area contributed by atoms with Crippen molar-refractivity contribution in [3.05, 3.63) is 36.0 Å². The highest BCUT2D eigenvalue weighted by atomic mass is 15.0. The van der Waals surface area contributed by atoms with Crippen LogP contribution in [0.5, 0.6) is 0 Å². The third-order valence-corrected chi connectivity index (χ3v) is 3.22. The van der Waals surface area contributed by atoms with Gasteiger partial charge in [0.2, 0.25) is 0 Å². The zero-order chi connectivity index (χ0) is 12.3. The van der Waals surface area contributed by atoms with Crippen LogP contribution in [0.4, 0.5) is 0 Å². The van der Waals surface area contributed by atoms with Crippen LogP contribution in [-0.2, 0) is 7.05 Å². The van der Waals surface area contributed by atoms with E-state index in [1.165, 1.54) is 16.5 Å². The standard InChI is InChI=1S/C14H21N3/c1-11(16-9-8-15-2)13-6-4-5-12-7-10-17(3)14(12)13/h4-7,10-11,15-16H,8-9H2,1-3H3. The highest BCUT2D eigenvalue weighted by Gasteiger charge is 2.10. The Hall–Kier alpha value is -1.32. The lowest BCUT2D eigenvalue weighted by Gasteiger charge is -2.16. The number of hydrogen-bond donors (Lipinski definition) is 2. The number of likely N-dealkylation sites (N-methyl/N-ethyl adjacent to an activating group) is 1. The molecule has 1 atom stereocenters. The molecule has 2 N–H and O–H groups in total. The first-order chi connectivity index (χ1) is 8.24. The van der Waals surface area contributed by atoms with Crippen LogP contribution in [0.3, 0.4) is 0 Å². The molecule has 3 nitrogen and oxygen atoms in total. The maximum Gasteiger partial charge on any atom is 0.0526 e. The summed E-state index contributed by atoms with van der Waals surface area (Å²) in [7, 11) is 4.08. The Bertz CT molecular complexity index is 487. The number of hydrogen-bond acceptors (Lipinski definition) is 2. The van der Waals surface area contributed by atoms with Gasteiger partial charge in [-0.05, 0) is 31.0 Å². The molecule has 0 aliphatic carbocycles. The molecule has 0 spiro atoms.